The van der Waals surface area contributed by atoms with Crippen LogP contribution >= 0.6 is 0 Å². The third-order valence-electron chi connectivity index (χ3n) is 3.75. The molecule has 0 heterocycles. The summed E-state index contributed by atoms with van der Waals surface area (Å²) < 4.78 is 35.5. The van der Waals surface area contributed by atoms with Crippen LogP contribution in [0.2, 0.25) is 0 Å². The van der Waals surface area contributed by atoms with Crippen molar-refractivity contribution in [2.45, 2.75) is 6.92 Å². The van der Waals surface area contributed by atoms with Gasteiger partial charge in [0, 0.05) is 11.5 Å². The van der Waals surface area contributed by atoms with Crippen molar-refractivity contribution in [3.05, 3.63) is 59.0 Å². The Kier molecular flexibility index (Phi) is 6.48. The lowest BCUT2D eigenvalue weighted by molar-refractivity contribution is -0.112. The minimum atomic E-state index is -4.04. The molecular formula is C20H20O7S. The average Bonchev–Trinajstić information content (AvgIpc) is 2.64. The summed E-state index contributed by atoms with van der Waals surface area (Å²) in [5, 5.41) is 20.7. The predicted octanol–water partition coefficient (Wildman–Crippen LogP) is 3.13. The van der Waals surface area contributed by atoms with Crippen molar-refractivity contribution in [3.8, 4) is 23.0 Å². The molecular weight excluding hydrogens is 384 g/mol. The van der Waals surface area contributed by atoms with Crippen molar-refractivity contribution in [1.82, 2.24) is 0 Å². The molecule has 2 N–H and O–H groups in total. The fraction of sp³-hybridized carbons (Fsp3) is 0.150. The summed E-state index contributed by atoms with van der Waals surface area (Å²) in [6.45, 7) is 1.23. The van der Waals surface area contributed by atoms with Crippen LogP contribution in [-0.4, -0.2) is 38.6 Å². The third-order valence-corrected chi connectivity index (χ3v) is 5.21. The molecule has 2 aromatic rings. The first kappa shape index (κ1) is 21.0. The normalized spacial score (nSPS) is 12.2. The highest BCUT2D eigenvalue weighted by molar-refractivity contribution is 8.03. The zero-order chi connectivity index (χ0) is 20.9. The fourth-order valence-corrected chi connectivity index (χ4v) is 3.68. The van der Waals surface area contributed by atoms with Crippen LogP contribution in [0.3, 0.4) is 0 Å². The van der Waals surface area contributed by atoms with Gasteiger partial charge in [0.2, 0.25) is 9.84 Å². The first-order chi connectivity index (χ1) is 13.2. The third kappa shape index (κ3) is 4.92. The number of phenols is 2. The van der Waals surface area contributed by atoms with E-state index < -0.39 is 15.6 Å². The maximum Gasteiger partial charge on any atom is 0.200 e. The Morgan fingerprint density at radius 1 is 0.964 bits per heavy atom. The Morgan fingerprint density at radius 2 is 1.54 bits per heavy atom. The number of rotatable bonds is 7. The van der Waals surface area contributed by atoms with Gasteiger partial charge in [0.15, 0.2) is 28.8 Å². The van der Waals surface area contributed by atoms with Gasteiger partial charge >= 0.3 is 0 Å². The molecule has 2 aromatic carbocycles. The van der Waals surface area contributed by atoms with Gasteiger partial charge in [0.25, 0.3) is 0 Å². The molecule has 0 aliphatic rings. The second-order valence-electron chi connectivity index (χ2n) is 5.78. The molecule has 0 saturated carbocycles. The number of hydrogen-bond donors (Lipinski definition) is 2. The maximum atomic E-state index is 12.8. The summed E-state index contributed by atoms with van der Waals surface area (Å²) in [6, 6.07) is 8.45. The number of methoxy groups -OCH3 is 2. The topological polar surface area (TPSA) is 110 Å². The van der Waals surface area contributed by atoms with Crippen LogP contribution < -0.4 is 9.47 Å². The largest absolute Gasteiger partial charge is 0.504 e. The van der Waals surface area contributed by atoms with Crippen molar-refractivity contribution in [2.75, 3.05) is 14.2 Å². The highest BCUT2D eigenvalue weighted by Crippen LogP contribution is 2.32. The highest BCUT2D eigenvalue weighted by Gasteiger charge is 2.19. The van der Waals surface area contributed by atoms with Crippen molar-refractivity contribution < 1.29 is 32.9 Å². The Bertz CT molecular complexity index is 1050. The SMILES string of the molecule is COc1ccc(C=CS(=O)(=O)/C(=C\C(C)=O)c2ccc(OC)c(O)c2)cc1O. The van der Waals surface area contributed by atoms with Crippen LogP contribution in [0.25, 0.3) is 11.0 Å². The number of allylic oxidation sites excluding steroid dienone is 1. The molecule has 0 radical (unpaired) electrons. The molecule has 8 heteroatoms. The van der Waals surface area contributed by atoms with Gasteiger partial charge in [-0.3, -0.25) is 4.79 Å². The standard InChI is InChI=1S/C20H20O7S/c1-13(21)10-20(15-5-7-19(27-3)17(23)12-15)28(24,25)9-8-14-4-6-18(26-2)16(22)11-14/h4-12,22-23H,1-3H3/b9-8?,20-10-. The minimum absolute atomic E-state index is 0.135. The number of sulfone groups is 1. The molecule has 0 aromatic heterocycles. The van der Waals surface area contributed by atoms with E-state index in [1.807, 2.05) is 0 Å². The first-order valence-corrected chi connectivity index (χ1v) is 9.62. The number of benzene rings is 2. The fourth-order valence-electron chi connectivity index (χ4n) is 2.41. The Morgan fingerprint density at radius 3 is 2.04 bits per heavy atom. The minimum Gasteiger partial charge on any atom is -0.504 e. The van der Waals surface area contributed by atoms with Crippen molar-refractivity contribution in [2.24, 2.45) is 0 Å². The van der Waals surface area contributed by atoms with E-state index in [1.165, 1.54) is 57.6 Å². The molecule has 2 rings (SSSR count). The predicted molar refractivity (Wildman–Crippen MR) is 106 cm³/mol. The Balaban J connectivity index is 2.47. The van der Waals surface area contributed by atoms with E-state index in [4.69, 9.17) is 9.47 Å². The summed E-state index contributed by atoms with van der Waals surface area (Å²) in [6.07, 6.45) is 2.26. The molecule has 0 aliphatic heterocycles. The van der Waals surface area contributed by atoms with E-state index in [1.54, 1.807) is 6.07 Å². The first-order valence-electron chi connectivity index (χ1n) is 8.07. The number of hydrogen-bond acceptors (Lipinski definition) is 7. The van der Waals surface area contributed by atoms with Gasteiger partial charge in [0.05, 0.1) is 19.1 Å². The van der Waals surface area contributed by atoms with Crippen LogP contribution in [0.15, 0.2) is 47.9 Å². The number of ether oxygens (including phenoxy) is 2. The van der Waals surface area contributed by atoms with Crippen molar-refractivity contribution >= 4 is 26.6 Å². The van der Waals surface area contributed by atoms with E-state index >= 15 is 0 Å². The van der Waals surface area contributed by atoms with E-state index in [9.17, 15) is 23.4 Å². The van der Waals surface area contributed by atoms with Crippen LogP contribution in [0.1, 0.15) is 18.1 Å². The molecule has 28 heavy (non-hydrogen) atoms. The molecule has 0 amide bonds. The zero-order valence-electron chi connectivity index (χ0n) is 15.5. The summed E-state index contributed by atoms with van der Waals surface area (Å²) in [7, 11) is -1.27. The van der Waals surface area contributed by atoms with Crippen LogP contribution in [0.4, 0.5) is 0 Å². The number of aromatic hydroxyl groups is 2. The molecule has 0 bridgehead atoms. The van der Waals surface area contributed by atoms with E-state index in [0.717, 1.165) is 11.5 Å². The number of carbonyl (C=O) groups is 1. The average molecular weight is 404 g/mol. The highest BCUT2D eigenvalue weighted by atomic mass is 32.2. The van der Waals surface area contributed by atoms with Crippen molar-refractivity contribution in [1.29, 1.82) is 0 Å². The number of carbonyl (C=O) groups excluding carboxylic acids is 1. The summed E-state index contributed by atoms with van der Waals surface area (Å²) in [4.78, 5) is 11.3. The van der Waals surface area contributed by atoms with Gasteiger partial charge in [-0.1, -0.05) is 6.07 Å². The van der Waals surface area contributed by atoms with Crippen LogP contribution in [-0.2, 0) is 14.6 Å². The second kappa shape index (κ2) is 8.62. The van der Waals surface area contributed by atoms with Crippen LogP contribution in [0.5, 0.6) is 23.0 Å². The van der Waals surface area contributed by atoms with E-state index in [-0.39, 0.29) is 33.5 Å². The van der Waals surface area contributed by atoms with Gasteiger partial charge in [0.1, 0.15) is 0 Å². The van der Waals surface area contributed by atoms with Gasteiger partial charge in [-0.15, -0.1) is 0 Å². The Hall–Kier alpha value is -3.26. The monoisotopic (exact) mass is 404 g/mol. The summed E-state index contributed by atoms with van der Waals surface area (Å²) in [5.41, 5.74) is 0.553. The molecule has 0 spiro atoms. The number of phenolic OH excluding ortho intramolecular Hbond substituents is 2. The Labute approximate surface area is 163 Å². The molecule has 0 aliphatic carbocycles. The molecule has 0 fully saturated rings. The zero-order valence-corrected chi connectivity index (χ0v) is 16.4. The smallest absolute Gasteiger partial charge is 0.200 e. The molecule has 0 saturated heterocycles. The van der Waals surface area contributed by atoms with E-state index in [0.29, 0.717) is 5.56 Å². The van der Waals surface area contributed by atoms with Gasteiger partial charge in [-0.25, -0.2) is 8.42 Å². The molecule has 7 nitrogen and oxygen atoms in total. The molecule has 148 valence electrons. The van der Waals surface area contributed by atoms with E-state index in [2.05, 4.69) is 0 Å². The molecule has 0 unspecified atom stereocenters. The summed E-state index contributed by atoms with van der Waals surface area (Å²) >= 11 is 0. The quantitative estimate of drug-likeness (QED) is 0.682. The van der Waals surface area contributed by atoms with Gasteiger partial charge in [-0.05, 0) is 54.5 Å². The maximum absolute atomic E-state index is 12.8. The number of ketones is 1. The molecule has 0 atom stereocenters. The lowest BCUT2D eigenvalue weighted by Gasteiger charge is -2.09. The lowest BCUT2D eigenvalue weighted by Crippen LogP contribution is -2.02. The second-order valence-corrected chi connectivity index (χ2v) is 7.59. The van der Waals surface area contributed by atoms with Gasteiger partial charge < -0.3 is 19.7 Å². The lowest BCUT2D eigenvalue weighted by atomic mass is 10.1. The van der Waals surface area contributed by atoms with Gasteiger partial charge in [-0.2, -0.15) is 0 Å². The van der Waals surface area contributed by atoms with Crippen LogP contribution in [0, 0.1) is 0 Å². The summed E-state index contributed by atoms with van der Waals surface area (Å²) in [5.74, 6) is -0.432. The van der Waals surface area contributed by atoms with Crippen molar-refractivity contribution in [3.63, 3.8) is 0 Å².